The SMILES string of the molecule is COCCCc1cc(CN(C(=O)C2CN(C(=O)OC(C)(C)C)CCC2(OC)c2cc[nH]c(=O)c2)C2CC2)cc(OCCOC)c1. The third-order valence-electron chi connectivity index (χ3n) is 8.32. The summed E-state index contributed by atoms with van der Waals surface area (Å²) in [6.07, 6.45) is 4.87. The number of carbonyl (C=O) groups excluding carboxylic acids is 2. The lowest BCUT2D eigenvalue weighted by molar-refractivity contribution is -0.160. The molecular weight excluding hydrogens is 578 g/mol. The summed E-state index contributed by atoms with van der Waals surface area (Å²) in [6.45, 7) is 7.77. The summed E-state index contributed by atoms with van der Waals surface area (Å²) in [7, 11) is 4.89. The van der Waals surface area contributed by atoms with Gasteiger partial charge in [0.1, 0.15) is 23.6 Å². The number of methoxy groups -OCH3 is 3. The van der Waals surface area contributed by atoms with Crippen LogP contribution in [-0.2, 0) is 42.3 Å². The molecule has 1 aromatic heterocycles. The zero-order valence-electron chi connectivity index (χ0n) is 27.6. The summed E-state index contributed by atoms with van der Waals surface area (Å²) in [5.41, 5.74) is 0.597. The largest absolute Gasteiger partial charge is 0.491 e. The second-order valence-corrected chi connectivity index (χ2v) is 12.9. The quantitative estimate of drug-likeness (QED) is 0.309. The Bertz CT molecular complexity index is 1320. The van der Waals surface area contributed by atoms with Crippen molar-refractivity contribution in [3.8, 4) is 5.75 Å². The van der Waals surface area contributed by atoms with Crippen molar-refractivity contribution in [3.05, 3.63) is 63.6 Å². The number of piperidine rings is 1. The Morgan fingerprint density at radius 3 is 2.40 bits per heavy atom. The molecule has 2 atom stereocenters. The first-order valence-electron chi connectivity index (χ1n) is 15.8. The third-order valence-corrected chi connectivity index (χ3v) is 8.32. The van der Waals surface area contributed by atoms with Crippen LogP contribution in [0.2, 0.25) is 0 Å². The number of benzene rings is 1. The smallest absolute Gasteiger partial charge is 0.410 e. The van der Waals surface area contributed by atoms with Crippen molar-refractivity contribution < 1.29 is 33.3 Å². The van der Waals surface area contributed by atoms with E-state index in [1.807, 2.05) is 37.8 Å². The topological polar surface area (TPSA) is 120 Å². The molecule has 248 valence electrons. The van der Waals surface area contributed by atoms with E-state index < -0.39 is 23.2 Å². The summed E-state index contributed by atoms with van der Waals surface area (Å²) in [4.78, 5) is 46.6. The molecule has 11 heteroatoms. The lowest BCUT2D eigenvalue weighted by Gasteiger charge is -2.47. The van der Waals surface area contributed by atoms with Gasteiger partial charge in [0.2, 0.25) is 11.5 Å². The Morgan fingerprint density at radius 1 is 1.02 bits per heavy atom. The minimum absolute atomic E-state index is 0.0677. The number of hydrogen-bond donors (Lipinski definition) is 1. The molecule has 1 aliphatic heterocycles. The first kappa shape index (κ1) is 34.5. The number of likely N-dealkylation sites (tertiary alicyclic amines) is 1. The van der Waals surface area contributed by atoms with Crippen LogP contribution in [0.25, 0.3) is 0 Å². The van der Waals surface area contributed by atoms with Crippen molar-refractivity contribution in [2.75, 3.05) is 54.2 Å². The first-order valence-corrected chi connectivity index (χ1v) is 15.8. The van der Waals surface area contributed by atoms with Gasteiger partial charge in [-0.3, -0.25) is 9.59 Å². The third kappa shape index (κ3) is 9.08. The summed E-state index contributed by atoms with van der Waals surface area (Å²) in [5.74, 6) is -0.170. The molecule has 1 N–H and O–H groups in total. The van der Waals surface area contributed by atoms with Crippen LogP contribution in [0.1, 0.15) is 63.1 Å². The number of nitrogens with one attached hydrogen (secondary N) is 1. The summed E-state index contributed by atoms with van der Waals surface area (Å²) < 4.78 is 28.3. The maximum Gasteiger partial charge on any atom is 0.410 e. The molecule has 0 bridgehead atoms. The molecule has 11 nitrogen and oxygen atoms in total. The summed E-state index contributed by atoms with van der Waals surface area (Å²) >= 11 is 0. The van der Waals surface area contributed by atoms with E-state index in [4.69, 9.17) is 23.7 Å². The Labute approximate surface area is 266 Å². The Hall–Kier alpha value is -3.41. The van der Waals surface area contributed by atoms with Gasteiger partial charge in [-0.15, -0.1) is 0 Å². The number of hydrogen-bond acceptors (Lipinski definition) is 8. The van der Waals surface area contributed by atoms with Crippen molar-refractivity contribution in [2.45, 2.75) is 76.7 Å². The fraction of sp³-hybridized carbons (Fsp3) is 0.618. The Balaban J connectivity index is 1.68. The molecule has 0 radical (unpaired) electrons. The van der Waals surface area contributed by atoms with Crippen LogP contribution in [0.5, 0.6) is 5.75 Å². The zero-order chi connectivity index (χ0) is 32.6. The lowest BCUT2D eigenvalue weighted by atomic mass is 9.75. The number of nitrogens with zero attached hydrogens (tertiary/aromatic N) is 2. The van der Waals surface area contributed by atoms with Gasteiger partial charge in [-0.05, 0) is 87.8 Å². The minimum atomic E-state index is -1.10. The van der Waals surface area contributed by atoms with Crippen molar-refractivity contribution in [1.29, 1.82) is 0 Å². The van der Waals surface area contributed by atoms with Gasteiger partial charge in [-0.25, -0.2) is 4.79 Å². The molecule has 1 aliphatic carbocycles. The fourth-order valence-corrected chi connectivity index (χ4v) is 6.00. The molecular formula is C34H49N3O8. The maximum absolute atomic E-state index is 14.8. The number of H-pyrrole nitrogens is 1. The highest BCUT2D eigenvalue weighted by molar-refractivity contribution is 5.82. The van der Waals surface area contributed by atoms with Crippen LogP contribution < -0.4 is 10.3 Å². The molecule has 1 saturated carbocycles. The van der Waals surface area contributed by atoms with Crippen LogP contribution >= 0.6 is 0 Å². The second-order valence-electron chi connectivity index (χ2n) is 12.9. The number of carbonyl (C=O) groups is 2. The molecule has 45 heavy (non-hydrogen) atoms. The minimum Gasteiger partial charge on any atom is -0.491 e. The number of amides is 2. The first-order chi connectivity index (χ1) is 21.5. The van der Waals surface area contributed by atoms with Crippen LogP contribution in [0.15, 0.2) is 41.3 Å². The molecule has 0 spiro atoms. The predicted molar refractivity (Wildman–Crippen MR) is 169 cm³/mol. The van der Waals surface area contributed by atoms with Gasteiger partial charge < -0.3 is 38.5 Å². The number of ether oxygens (including phenoxy) is 5. The average Bonchev–Trinajstić information content (AvgIpc) is 3.84. The molecule has 2 fully saturated rings. The van der Waals surface area contributed by atoms with Crippen LogP contribution in [-0.4, -0.2) is 92.7 Å². The van der Waals surface area contributed by atoms with E-state index in [0.29, 0.717) is 44.9 Å². The van der Waals surface area contributed by atoms with Gasteiger partial charge in [-0.2, -0.15) is 0 Å². The molecule has 2 aromatic rings. The van der Waals surface area contributed by atoms with Crippen molar-refractivity contribution in [2.24, 2.45) is 5.92 Å². The van der Waals surface area contributed by atoms with E-state index in [0.717, 1.165) is 42.6 Å². The lowest BCUT2D eigenvalue weighted by Crippen LogP contribution is -2.58. The van der Waals surface area contributed by atoms with Crippen molar-refractivity contribution in [1.82, 2.24) is 14.8 Å². The van der Waals surface area contributed by atoms with Crippen LogP contribution in [0.4, 0.5) is 4.79 Å². The van der Waals surface area contributed by atoms with Gasteiger partial charge >= 0.3 is 6.09 Å². The monoisotopic (exact) mass is 627 g/mol. The zero-order valence-corrected chi connectivity index (χ0v) is 27.6. The van der Waals surface area contributed by atoms with E-state index in [1.54, 1.807) is 38.5 Å². The average molecular weight is 628 g/mol. The molecule has 1 saturated heterocycles. The van der Waals surface area contributed by atoms with E-state index >= 15 is 0 Å². The van der Waals surface area contributed by atoms with Crippen LogP contribution in [0, 0.1) is 5.92 Å². The highest BCUT2D eigenvalue weighted by Crippen LogP contribution is 2.43. The van der Waals surface area contributed by atoms with E-state index in [9.17, 15) is 14.4 Å². The molecule has 2 amide bonds. The van der Waals surface area contributed by atoms with Gasteiger partial charge in [0.05, 0.1) is 12.5 Å². The van der Waals surface area contributed by atoms with Crippen molar-refractivity contribution in [3.63, 3.8) is 0 Å². The molecule has 1 aromatic carbocycles. The summed E-state index contributed by atoms with van der Waals surface area (Å²) in [5, 5.41) is 0. The predicted octanol–water partition coefficient (Wildman–Crippen LogP) is 4.27. The number of rotatable bonds is 14. The number of pyridine rings is 1. The van der Waals surface area contributed by atoms with Crippen LogP contribution in [0.3, 0.4) is 0 Å². The van der Waals surface area contributed by atoms with E-state index in [-0.39, 0.29) is 24.1 Å². The highest BCUT2D eigenvalue weighted by atomic mass is 16.6. The highest BCUT2D eigenvalue weighted by Gasteiger charge is 2.52. The Kier molecular flexibility index (Phi) is 11.7. The number of aryl methyl sites for hydroxylation is 1. The van der Waals surface area contributed by atoms with Gasteiger partial charge in [-0.1, -0.05) is 6.07 Å². The van der Waals surface area contributed by atoms with Gasteiger partial charge in [0, 0.05) is 65.9 Å². The maximum atomic E-state index is 14.8. The molecule has 2 heterocycles. The molecule has 4 rings (SSSR count). The number of aromatic amines is 1. The van der Waals surface area contributed by atoms with Gasteiger partial charge in [0.25, 0.3) is 0 Å². The molecule has 2 aliphatic rings. The van der Waals surface area contributed by atoms with E-state index in [1.165, 1.54) is 6.07 Å². The van der Waals surface area contributed by atoms with Crippen molar-refractivity contribution >= 4 is 12.0 Å². The number of aromatic nitrogens is 1. The van der Waals surface area contributed by atoms with Gasteiger partial charge in [0.15, 0.2) is 0 Å². The van der Waals surface area contributed by atoms with E-state index in [2.05, 4.69) is 11.1 Å². The normalized spacial score (nSPS) is 20.1. The second kappa shape index (κ2) is 15.2. The summed E-state index contributed by atoms with van der Waals surface area (Å²) in [6, 6.07) is 9.46. The molecule has 2 unspecified atom stereocenters. The fourth-order valence-electron chi connectivity index (χ4n) is 6.00. The standard InChI is InChI=1S/C34H49N3O8/c1-33(2,3)45-32(40)36-14-12-34(43-6,26-11-13-35-30(38)21-26)29(23-36)31(39)37(27-9-10-27)22-25-18-24(8-7-15-41-4)19-28(20-25)44-17-16-42-5/h11,13,18-21,27,29H,7-10,12,14-17,22-23H2,1-6H3,(H,35,38). The Morgan fingerprint density at radius 2 is 1.76 bits per heavy atom.